The Hall–Kier alpha value is -0.530. The molecule has 0 aromatic heterocycles. The third-order valence-corrected chi connectivity index (χ3v) is 2.44. The summed E-state index contributed by atoms with van der Waals surface area (Å²) in [5.41, 5.74) is 0. The van der Waals surface area contributed by atoms with Crippen LogP contribution in [0.2, 0.25) is 0 Å². The predicted octanol–water partition coefficient (Wildman–Crippen LogP) is 1.59. The van der Waals surface area contributed by atoms with Crippen molar-refractivity contribution in [3.63, 3.8) is 0 Å². The summed E-state index contributed by atoms with van der Waals surface area (Å²) >= 11 is 0. The van der Waals surface area contributed by atoms with Gasteiger partial charge in [-0.3, -0.25) is 4.79 Å². The smallest absolute Gasteiger partial charge is 0.306 e. The van der Waals surface area contributed by atoms with Crippen LogP contribution in [0.1, 0.15) is 27.2 Å². The van der Waals surface area contributed by atoms with Crippen molar-refractivity contribution in [2.45, 2.75) is 33.3 Å². The Balaban J connectivity index is 2.57. The SMILES string of the molecule is C[C@@H]1[C@H](C)CC(=O)O[C@@H]1C. The molecular weight excluding hydrogens is 128 g/mol. The van der Waals surface area contributed by atoms with E-state index in [0.29, 0.717) is 18.3 Å². The molecule has 0 amide bonds. The van der Waals surface area contributed by atoms with E-state index in [9.17, 15) is 4.79 Å². The minimum Gasteiger partial charge on any atom is -0.462 e. The van der Waals surface area contributed by atoms with E-state index in [4.69, 9.17) is 4.74 Å². The zero-order chi connectivity index (χ0) is 7.72. The fourth-order valence-corrected chi connectivity index (χ4v) is 1.27. The lowest BCUT2D eigenvalue weighted by Gasteiger charge is -2.30. The van der Waals surface area contributed by atoms with Crippen LogP contribution in [0.25, 0.3) is 0 Å². The number of esters is 1. The summed E-state index contributed by atoms with van der Waals surface area (Å²) in [4.78, 5) is 10.8. The van der Waals surface area contributed by atoms with Gasteiger partial charge in [0.05, 0.1) is 0 Å². The van der Waals surface area contributed by atoms with Crippen LogP contribution in [-0.2, 0) is 9.53 Å². The Morgan fingerprint density at radius 1 is 1.40 bits per heavy atom. The quantitative estimate of drug-likeness (QED) is 0.480. The van der Waals surface area contributed by atoms with Crippen LogP contribution in [0.5, 0.6) is 0 Å². The number of ether oxygens (including phenoxy) is 1. The van der Waals surface area contributed by atoms with Crippen molar-refractivity contribution in [1.29, 1.82) is 0 Å². The van der Waals surface area contributed by atoms with Crippen molar-refractivity contribution in [1.82, 2.24) is 0 Å². The van der Waals surface area contributed by atoms with E-state index in [1.165, 1.54) is 0 Å². The Bertz CT molecular complexity index is 128. The molecule has 2 heteroatoms. The average Bonchev–Trinajstić information content (AvgIpc) is 1.82. The molecule has 1 fully saturated rings. The summed E-state index contributed by atoms with van der Waals surface area (Å²) in [7, 11) is 0. The van der Waals surface area contributed by atoms with E-state index in [2.05, 4.69) is 13.8 Å². The molecule has 0 N–H and O–H groups in total. The molecule has 0 radical (unpaired) electrons. The van der Waals surface area contributed by atoms with Crippen LogP contribution in [0.15, 0.2) is 0 Å². The van der Waals surface area contributed by atoms with Crippen molar-refractivity contribution in [3.05, 3.63) is 0 Å². The molecule has 58 valence electrons. The van der Waals surface area contributed by atoms with Gasteiger partial charge in [0.2, 0.25) is 0 Å². The number of carbonyl (C=O) groups excluding carboxylic acids is 1. The van der Waals surface area contributed by atoms with Gasteiger partial charge in [0.15, 0.2) is 0 Å². The Morgan fingerprint density at radius 2 is 2.00 bits per heavy atom. The zero-order valence-corrected chi connectivity index (χ0v) is 6.76. The molecule has 0 aromatic rings. The summed E-state index contributed by atoms with van der Waals surface area (Å²) in [6.07, 6.45) is 0.696. The monoisotopic (exact) mass is 142 g/mol. The summed E-state index contributed by atoms with van der Waals surface area (Å²) in [6, 6.07) is 0. The lowest BCUT2D eigenvalue weighted by Crippen LogP contribution is -2.34. The van der Waals surface area contributed by atoms with Gasteiger partial charge in [0.25, 0.3) is 0 Å². The zero-order valence-electron chi connectivity index (χ0n) is 6.76. The predicted molar refractivity (Wildman–Crippen MR) is 38.5 cm³/mol. The molecule has 1 rings (SSSR count). The van der Waals surface area contributed by atoms with Gasteiger partial charge in [-0.2, -0.15) is 0 Å². The normalized spacial score (nSPS) is 41.1. The molecule has 3 atom stereocenters. The highest BCUT2D eigenvalue weighted by atomic mass is 16.5. The van der Waals surface area contributed by atoms with Crippen molar-refractivity contribution in [3.8, 4) is 0 Å². The molecule has 0 spiro atoms. The summed E-state index contributed by atoms with van der Waals surface area (Å²) in [5.74, 6) is 0.951. The van der Waals surface area contributed by atoms with Crippen LogP contribution >= 0.6 is 0 Å². The molecule has 0 aliphatic carbocycles. The molecule has 0 saturated carbocycles. The van der Waals surface area contributed by atoms with Gasteiger partial charge in [-0.05, 0) is 18.8 Å². The maximum absolute atomic E-state index is 10.8. The van der Waals surface area contributed by atoms with Gasteiger partial charge in [-0.1, -0.05) is 13.8 Å². The van der Waals surface area contributed by atoms with Crippen molar-refractivity contribution >= 4 is 5.97 Å². The van der Waals surface area contributed by atoms with E-state index in [0.717, 1.165) is 0 Å². The van der Waals surface area contributed by atoms with Crippen molar-refractivity contribution < 1.29 is 9.53 Å². The highest BCUT2D eigenvalue weighted by Crippen LogP contribution is 2.26. The molecule has 0 aromatic carbocycles. The Kier molecular flexibility index (Phi) is 1.97. The first-order valence-electron chi connectivity index (χ1n) is 3.80. The first-order valence-corrected chi connectivity index (χ1v) is 3.80. The largest absolute Gasteiger partial charge is 0.462 e. The molecule has 1 heterocycles. The maximum atomic E-state index is 10.8. The second kappa shape index (κ2) is 2.60. The Morgan fingerprint density at radius 3 is 2.50 bits per heavy atom. The van der Waals surface area contributed by atoms with E-state index in [1.807, 2.05) is 6.92 Å². The lowest BCUT2D eigenvalue weighted by atomic mass is 9.87. The minimum atomic E-state index is -0.0434. The van der Waals surface area contributed by atoms with Gasteiger partial charge >= 0.3 is 5.97 Å². The lowest BCUT2D eigenvalue weighted by molar-refractivity contribution is -0.159. The van der Waals surface area contributed by atoms with E-state index >= 15 is 0 Å². The van der Waals surface area contributed by atoms with E-state index in [1.54, 1.807) is 0 Å². The third kappa shape index (κ3) is 1.31. The van der Waals surface area contributed by atoms with Crippen molar-refractivity contribution in [2.24, 2.45) is 11.8 Å². The first kappa shape index (κ1) is 7.58. The second-order valence-electron chi connectivity index (χ2n) is 3.24. The van der Waals surface area contributed by atoms with Crippen LogP contribution in [0, 0.1) is 11.8 Å². The number of hydrogen-bond acceptors (Lipinski definition) is 2. The fraction of sp³-hybridized carbons (Fsp3) is 0.875. The number of cyclic esters (lactones) is 1. The van der Waals surface area contributed by atoms with E-state index in [-0.39, 0.29) is 12.1 Å². The Labute approximate surface area is 61.6 Å². The highest BCUT2D eigenvalue weighted by molar-refractivity contribution is 5.70. The minimum absolute atomic E-state index is 0.0434. The standard InChI is InChI=1S/C8H14O2/c1-5-4-8(9)10-7(3)6(5)2/h5-7H,4H2,1-3H3/t5-,6-,7-/m1/s1. The van der Waals surface area contributed by atoms with Crippen LogP contribution < -0.4 is 0 Å². The summed E-state index contributed by atoms with van der Waals surface area (Å²) in [5, 5.41) is 0. The highest BCUT2D eigenvalue weighted by Gasteiger charge is 2.29. The molecule has 1 saturated heterocycles. The number of carbonyl (C=O) groups is 1. The third-order valence-electron chi connectivity index (χ3n) is 2.44. The summed E-state index contributed by atoms with van der Waals surface area (Å²) in [6.45, 7) is 6.18. The van der Waals surface area contributed by atoms with E-state index < -0.39 is 0 Å². The maximum Gasteiger partial charge on any atom is 0.306 e. The van der Waals surface area contributed by atoms with Gasteiger partial charge < -0.3 is 4.74 Å². The average molecular weight is 142 g/mol. The van der Waals surface area contributed by atoms with Gasteiger partial charge in [-0.15, -0.1) is 0 Å². The molecule has 2 nitrogen and oxygen atoms in total. The van der Waals surface area contributed by atoms with Crippen LogP contribution in [0.4, 0.5) is 0 Å². The molecule has 0 unspecified atom stereocenters. The van der Waals surface area contributed by atoms with Gasteiger partial charge in [0, 0.05) is 6.42 Å². The van der Waals surface area contributed by atoms with Crippen LogP contribution in [-0.4, -0.2) is 12.1 Å². The molecule has 1 aliphatic heterocycles. The topological polar surface area (TPSA) is 26.3 Å². The fourth-order valence-electron chi connectivity index (χ4n) is 1.27. The second-order valence-corrected chi connectivity index (χ2v) is 3.24. The van der Waals surface area contributed by atoms with Crippen molar-refractivity contribution in [2.75, 3.05) is 0 Å². The molecule has 1 aliphatic rings. The first-order chi connectivity index (χ1) is 4.61. The molecular formula is C8H14O2. The number of rotatable bonds is 0. The van der Waals surface area contributed by atoms with Gasteiger partial charge in [-0.25, -0.2) is 0 Å². The molecule has 10 heavy (non-hydrogen) atoms. The summed E-state index contributed by atoms with van der Waals surface area (Å²) < 4.78 is 5.03. The molecule has 0 bridgehead atoms. The van der Waals surface area contributed by atoms with Gasteiger partial charge in [0.1, 0.15) is 6.10 Å². The number of hydrogen-bond donors (Lipinski definition) is 0. The van der Waals surface area contributed by atoms with Crippen LogP contribution in [0.3, 0.4) is 0 Å².